The Morgan fingerprint density at radius 2 is 2.36 bits per heavy atom. The molecular formula is C11H18N2S. The molecule has 0 saturated heterocycles. The summed E-state index contributed by atoms with van der Waals surface area (Å²) in [5.41, 5.74) is 7.03. The quantitative estimate of drug-likeness (QED) is 0.600. The Kier molecular flexibility index (Phi) is 4.98. The predicted molar refractivity (Wildman–Crippen MR) is 62.5 cm³/mol. The molecule has 1 rings (SSSR count). The van der Waals surface area contributed by atoms with Crippen LogP contribution in [-0.4, -0.2) is 10.7 Å². The van der Waals surface area contributed by atoms with Crippen LogP contribution in [0.3, 0.4) is 0 Å². The lowest BCUT2D eigenvalue weighted by molar-refractivity contribution is 0.778. The maximum absolute atomic E-state index is 5.87. The summed E-state index contributed by atoms with van der Waals surface area (Å²) in [6.07, 6.45) is 4.30. The molecule has 2 nitrogen and oxygen atoms in total. The Morgan fingerprint density at radius 1 is 1.57 bits per heavy atom. The lowest BCUT2D eigenvalue weighted by Crippen LogP contribution is -2.07. The van der Waals surface area contributed by atoms with Crippen LogP contribution < -0.4 is 5.73 Å². The summed E-state index contributed by atoms with van der Waals surface area (Å²) in [5.74, 6) is 1.13. The average molecular weight is 210 g/mol. The van der Waals surface area contributed by atoms with Crippen molar-refractivity contribution in [2.45, 2.75) is 37.8 Å². The molecule has 1 unspecified atom stereocenters. The van der Waals surface area contributed by atoms with Crippen LogP contribution in [0.15, 0.2) is 23.4 Å². The van der Waals surface area contributed by atoms with Crippen LogP contribution in [0, 0.1) is 0 Å². The maximum Gasteiger partial charge on any atom is 0.101 e. The highest BCUT2D eigenvalue weighted by Crippen LogP contribution is 2.24. The standard InChI is InChI=1S/C11H18N2S/c1-3-4-8-14-11-10(9(2)12)6-5-7-13-11/h5-7,9H,3-4,8,12H2,1-2H3. The molecule has 0 amide bonds. The third-order valence-electron chi connectivity index (χ3n) is 2.03. The Hall–Kier alpha value is -0.540. The summed E-state index contributed by atoms with van der Waals surface area (Å²) in [6.45, 7) is 4.20. The topological polar surface area (TPSA) is 38.9 Å². The van der Waals surface area contributed by atoms with E-state index >= 15 is 0 Å². The first-order valence-corrected chi connectivity index (χ1v) is 6.07. The van der Waals surface area contributed by atoms with Crippen molar-refractivity contribution in [2.75, 3.05) is 5.75 Å². The second kappa shape index (κ2) is 6.04. The van der Waals surface area contributed by atoms with E-state index in [2.05, 4.69) is 18.0 Å². The maximum atomic E-state index is 5.87. The van der Waals surface area contributed by atoms with Crippen molar-refractivity contribution in [3.63, 3.8) is 0 Å². The summed E-state index contributed by atoms with van der Waals surface area (Å²) in [4.78, 5) is 4.35. The van der Waals surface area contributed by atoms with Crippen LogP contribution in [0.25, 0.3) is 0 Å². The molecule has 0 spiro atoms. The van der Waals surface area contributed by atoms with E-state index in [1.165, 1.54) is 12.8 Å². The van der Waals surface area contributed by atoms with Gasteiger partial charge in [0.25, 0.3) is 0 Å². The van der Waals surface area contributed by atoms with Gasteiger partial charge in [0.05, 0.1) is 0 Å². The van der Waals surface area contributed by atoms with Crippen LogP contribution in [-0.2, 0) is 0 Å². The van der Waals surface area contributed by atoms with Crippen LogP contribution >= 0.6 is 11.8 Å². The molecule has 1 atom stereocenters. The number of pyridine rings is 1. The summed E-state index contributed by atoms with van der Waals surface area (Å²) >= 11 is 1.81. The van der Waals surface area contributed by atoms with Crippen molar-refractivity contribution < 1.29 is 0 Å². The molecule has 1 aromatic heterocycles. The Morgan fingerprint density at radius 3 is 3.00 bits per heavy atom. The van der Waals surface area contributed by atoms with Crippen molar-refractivity contribution in [1.29, 1.82) is 0 Å². The monoisotopic (exact) mass is 210 g/mol. The minimum absolute atomic E-state index is 0.0767. The molecule has 0 aliphatic rings. The van der Waals surface area contributed by atoms with Gasteiger partial charge in [0.15, 0.2) is 0 Å². The van der Waals surface area contributed by atoms with E-state index in [1.807, 2.05) is 30.9 Å². The summed E-state index contributed by atoms with van der Waals surface area (Å²) in [5, 5.41) is 1.09. The number of hydrogen-bond donors (Lipinski definition) is 1. The number of hydrogen-bond acceptors (Lipinski definition) is 3. The van der Waals surface area contributed by atoms with Crippen LogP contribution in [0.2, 0.25) is 0 Å². The molecule has 2 N–H and O–H groups in total. The van der Waals surface area contributed by atoms with Gasteiger partial charge in [-0.1, -0.05) is 19.4 Å². The van der Waals surface area contributed by atoms with Gasteiger partial charge >= 0.3 is 0 Å². The van der Waals surface area contributed by atoms with Crippen molar-refractivity contribution in [2.24, 2.45) is 5.73 Å². The normalized spacial score (nSPS) is 12.8. The fourth-order valence-electron chi connectivity index (χ4n) is 1.18. The van der Waals surface area contributed by atoms with Crippen LogP contribution in [0.5, 0.6) is 0 Å². The summed E-state index contributed by atoms with van der Waals surface area (Å²) in [6, 6.07) is 4.09. The molecule has 14 heavy (non-hydrogen) atoms. The largest absolute Gasteiger partial charge is 0.324 e. The fourth-order valence-corrected chi connectivity index (χ4v) is 2.37. The smallest absolute Gasteiger partial charge is 0.101 e. The van der Waals surface area contributed by atoms with Gasteiger partial charge in [-0.25, -0.2) is 4.98 Å². The first-order valence-electron chi connectivity index (χ1n) is 5.09. The van der Waals surface area contributed by atoms with Crippen molar-refractivity contribution in [1.82, 2.24) is 4.98 Å². The molecule has 0 aliphatic carbocycles. The highest BCUT2D eigenvalue weighted by molar-refractivity contribution is 7.99. The molecule has 78 valence electrons. The SMILES string of the molecule is CCCCSc1ncccc1C(C)N. The lowest BCUT2D eigenvalue weighted by atomic mass is 10.2. The van der Waals surface area contributed by atoms with E-state index in [0.717, 1.165) is 16.3 Å². The van der Waals surface area contributed by atoms with Gasteiger partial charge in [0.1, 0.15) is 5.03 Å². The highest BCUT2D eigenvalue weighted by Gasteiger charge is 2.06. The van der Waals surface area contributed by atoms with Gasteiger partial charge < -0.3 is 5.73 Å². The van der Waals surface area contributed by atoms with E-state index in [9.17, 15) is 0 Å². The van der Waals surface area contributed by atoms with Gasteiger partial charge in [-0.2, -0.15) is 0 Å². The molecule has 0 aromatic carbocycles. The van der Waals surface area contributed by atoms with E-state index in [0.29, 0.717) is 0 Å². The molecule has 0 aliphatic heterocycles. The van der Waals surface area contributed by atoms with E-state index in [1.54, 1.807) is 0 Å². The van der Waals surface area contributed by atoms with Gasteiger partial charge in [-0.15, -0.1) is 11.8 Å². The van der Waals surface area contributed by atoms with E-state index in [-0.39, 0.29) is 6.04 Å². The number of aromatic nitrogens is 1. The fraction of sp³-hybridized carbons (Fsp3) is 0.545. The molecule has 0 saturated carbocycles. The first-order chi connectivity index (χ1) is 6.75. The molecular weight excluding hydrogens is 192 g/mol. The number of thioether (sulfide) groups is 1. The zero-order valence-electron chi connectivity index (χ0n) is 8.86. The molecule has 0 radical (unpaired) electrons. The molecule has 0 fully saturated rings. The third-order valence-corrected chi connectivity index (χ3v) is 3.14. The number of rotatable bonds is 5. The molecule has 1 aromatic rings. The lowest BCUT2D eigenvalue weighted by Gasteiger charge is -2.10. The number of nitrogens with zero attached hydrogens (tertiary/aromatic N) is 1. The van der Waals surface area contributed by atoms with Crippen molar-refractivity contribution >= 4 is 11.8 Å². The third kappa shape index (κ3) is 3.31. The predicted octanol–water partition coefficient (Wildman–Crippen LogP) is 2.99. The van der Waals surface area contributed by atoms with Gasteiger partial charge in [-0.05, 0) is 25.2 Å². The minimum Gasteiger partial charge on any atom is -0.324 e. The first kappa shape index (κ1) is 11.5. The van der Waals surface area contributed by atoms with Crippen molar-refractivity contribution in [3.8, 4) is 0 Å². The van der Waals surface area contributed by atoms with E-state index < -0.39 is 0 Å². The Labute approximate surface area is 90.3 Å². The zero-order valence-corrected chi connectivity index (χ0v) is 9.68. The van der Waals surface area contributed by atoms with Gasteiger partial charge in [0.2, 0.25) is 0 Å². The van der Waals surface area contributed by atoms with Crippen LogP contribution in [0.4, 0.5) is 0 Å². The number of nitrogens with two attached hydrogens (primary N) is 1. The van der Waals surface area contributed by atoms with E-state index in [4.69, 9.17) is 5.73 Å². The highest BCUT2D eigenvalue weighted by atomic mass is 32.2. The summed E-state index contributed by atoms with van der Waals surface area (Å²) in [7, 11) is 0. The van der Waals surface area contributed by atoms with Gasteiger partial charge in [0, 0.05) is 17.8 Å². The molecule has 0 bridgehead atoms. The van der Waals surface area contributed by atoms with Crippen molar-refractivity contribution in [3.05, 3.63) is 23.9 Å². The number of unbranched alkanes of at least 4 members (excludes halogenated alkanes) is 1. The summed E-state index contributed by atoms with van der Waals surface area (Å²) < 4.78 is 0. The second-order valence-corrected chi connectivity index (χ2v) is 4.47. The van der Waals surface area contributed by atoms with Crippen LogP contribution in [0.1, 0.15) is 38.3 Å². The minimum atomic E-state index is 0.0767. The zero-order chi connectivity index (χ0) is 10.4. The molecule has 3 heteroatoms. The Bertz CT molecular complexity index is 274. The van der Waals surface area contributed by atoms with Gasteiger partial charge in [-0.3, -0.25) is 0 Å². The average Bonchev–Trinajstić information content (AvgIpc) is 2.19. The second-order valence-electron chi connectivity index (χ2n) is 3.39. The molecule has 1 heterocycles. The Balaban J connectivity index is 2.64.